The van der Waals surface area contributed by atoms with E-state index in [0.29, 0.717) is 6.54 Å². The highest BCUT2D eigenvalue weighted by molar-refractivity contribution is 7.98. The summed E-state index contributed by atoms with van der Waals surface area (Å²) in [7, 11) is 1.69. The predicted molar refractivity (Wildman–Crippen MR) is 62.0 cm³/mol. The molecule has 0 spiro atoms. The number of hydrogen-bond acceptors (Lipinski definition) is 3. The van der Waals surface area contributed by atoms with E-state index in [1.807, 2.05) is 0 Å². The van der Waals surface area contributed by atoms with Gasteiger partial charge in [-0.2, -0.15) is 0 Å². The van der Waals surface area contributed by atoms with Gasteiger partial charge in [-0.3, -0.25) is 0 Å². The molecule has 2 nitrogen and oxygen atoms in total. The van der Waals surface area contributed by atoms with Crippen LogP contribution in [0.5, 0.6) is 5.75 Å². The number of aryl methyl sites for hydroxylation is 1. The first-order valence-corrected chi connectivity index (χ1v) is 5.93. The van der Waals surface area contributed by atoms with E-state index in [1.165, 1.54) is 10.5 Å². The van der Waals surface area contributed by atoms with Crippen LogP contribution in [0.25, 0.3) is 0 Å². The quantitative estimate of drug-likeness (QED) is 0.777. The molecule has 0 aliphatic carbocycles. The highest BCUT2D eigenvalue weighted by Crippen LogP contribution is 2.29. The van der Waals surface area contributed by atoms with Crippen LogP contribution in [0.3, 0.4) is 0 Å². The molecule has 0 bridgehead atoms. The van der Waals surface area contributed by atoms with Crippen LogP contribution in [0, 0.1) is 0 Å². The third-order valence-corrected chi connectivity index (χ3v) is 3.10. The number of ether oxygens (including phenoxy) is 1. The molecule has 0 radical (unpaired) electrons. The number of nitrogens with two attached hydrogens (primary N) is 1. The van der Waals surface area contributed by atoms with Crippen LogP contribution in [0.1, 0.15) is 18.1 Å². The first-order valence-electron chi connectivity index (χ1n) is 4.70. The van der Waals surface area contributed by atoms with Crippen molar-refractivity contribution >= 4 is 11.8 Å². The fourth-order valence-electron chi connectivity index (χ4n) is 1.46. The first-order chi connectivity index (χ1) is 6.76. The monoisotopic (exact) mass is 211 g/mol. The van der Waals surface area contributed by atoms with E-state index in [0.717, 1.165) is 17.7 Å². The van der Waals surface area contributed by atoms with Gasteiger partial charge in [-0.15, -0.1) is 11.8 Å². The van der Waals surface area contributed by atoms with Gasteiger partial charge in [0.15, 0.2) is 0 Å². The van der Waals surface area contributed by atoms with Gasteiger partial charge in [-0.05, 0) is 30.4 Å². The third kappa shape index (κ3) is 2.22. The zero-order valence-corrected chi connectivity index (χ0v) is 9.78. The van der Waals surface area contributed by atoms with Crippen molar-refractivity contribution in [1.82, 2.24) is 0 Å². The van der Waals surface area contributed by atoms with E-state index in [9.17, 15) is 0 Å². The lowest BCUT2D eigenvalue weighted by Crippen LogP contribution is -2.01. The average molecular weight is 211 g/mol. The second-order valence-electron chi connectivity index (χ2n) is 3.03. The zero-order chi connectivity index (χ0) is 10.6. The van der Waals surface area contributed by atoms with Gasteiger partial charge in [0.05, 0.1) is 7.11 Å². The van der Waals surface area contributed by atoms with Crippen LogP contribution < -0.4 is 10.5 Å². The Bertz CT molecular complexity index is 254. The minimum absolute atomic E-state index is 0.528. The number of benzene rings is 1. The topological polar surface area (TPSA) is 35.2 Å². The van der Waals surface area contributed by atoms with Crippen LogP contribution in [0.4, 0.5) is 0 Å². The maximum Gasteiger partial charge on any atom is 0.123 e. The molecule has 1 rings (SSSR count). The fraction of sp³-hybridized carbons (Fsp3) is 0.455. The molecule has 78 valence electrons. The Balaban J connectivity index is 3.20. The van der Waals surface area contributed by atoms with Crippen molar-refractivity contribution < 1.29 is 4.74 Å². The normalized spacial score (nSPS) is 10.3. The molecule has 0 aliphatic heterocycles. The minimum Gasteiger partial charge on any atom is -0.496 e. The van der Waals surface area contributed by atoms with Gasteiger partial charge < -0.3 is 10.5 Å². The van der Waals surface area contributed by atoms with Crippen LogP contribution in [-0.2, 0) is 13.0 Å². The van der Waals surface area contributed by atoms with E-state index in [2.05, 4.69) is 25.3 Å². The molecule has 1 aromatic rings. The Morgan fingerprint density at radius 3 is 2.50 bits per heavy atom. The highest BCUT2D eigenvalue weighted by Gasteiger charge is 2.07. The molecule has 1 aromatic carbocycles. The molecule has 0 aliphatic rings. The third-order valence-electron chi connectivity index (χ3n) is 2.28. The van der Waals surface area contributed by atoms with Gasteiger partial charge in [0.2, 0.25) is 0 Å². The van der Waals surface area contributed by atoms with Gasteiger partial charge in [0.25, 0.3) is 0 Å². The lowest BCUT2D eigenvalue weighted by Gasteiger charge is -2.12. The summed E-state index contributed by atoms with van der Waals surface area (Å²) in [5.74, 6) is 0.905. The molecule has 2 N–H and O–H groups in total. The summed E-state index contributed by atoms with van der Waals surface area (Å²) in [5, 5.41) is 0. The Morgan fingerprint density at radius 1 is 1.36 bits per heavy atom. The van der Waals surface area contributed by atoms with Crippen LogP contribution in [0.2, 0.25) is 0 Å². The average Bonchev–Trinajstić information content (AvgIpc) is 2.26. The van der Waals surface area contributed by atoms with E-state index in [-0.39, 0.29) is 0 Å². The van der Waals surface area contributed by atoms with Crippen LogP contribution in [-0.4, -0.2) is 13.4 Å². The fourth-order valence-corrected chi connectivity index (χ4v) is 2.19. The van der Waals surface area contributed by atoms with Gasteiger partial charge in [-0.1, -0.05) is 6.92 Å². The molecule has 0 atom stereocenters. The van der Waals surface area contributed by atoms with E-state index in [4.69, 9.17) is 10.5 Å². The lowest BCUT2D eigenvalue weighted by atomic mass is 10.1. The van der Waals surface area contributed by atoms with E-state index >= 15 is 0 Å². The molecule has 0 saturated carbocycles. The highest BCUT2D eigenvalue weighted by atomic mass is 32.2. The Kier molecular flexibility index (Phi) is 4.29. The van der Waals surface area contributed by atoms with Crippen molar-refractivity contribution in [2.45, 2.75) is 24.8 Å². The zero-order valence-electron chi connectivity index (χ0n) is 8.96. The first kappa shape index (κ1) is 11.4. The molecule has 14 heavy (non-hydrogen) atoms. The van der Waals surface area contributed by atoms with Crippen LogP contribution in [0.15, 0.2) is 17.0 Å². The maximum atomic E-state index is 5.65. The molecule has 0 aromatic heterocycles. The van der Waals surface area contributed by atoms with Gasteiger partial charge in [0.1, 0.15) is 5.75 Å². The number of thioether (sulfide) groups is 1. The molecule has 0 heterocycles. The van der Waals surface area contributed by atoms with Crippen molar-refractivity contribution in [1.29, 1.82) is 0 Å². The number of methoxy groups -OCH3 is 1. The standard InChI is InChI=1S/C11H17NOS/c1-4-8-5-10(13-2)9(7-12)6-11(8)14-3/h5-6H,4,7,12H2,1-3H3. The largest absolute Gasteiger partial charge is 0.496 e. The van der Waals surface area contributed by atoms with Gasteiger partial charge in [0, 0.05) is 17.0 Å². The summed E-state index contributed by atoms with van der Waals surface area (Å²) in [4.78, 5) is 1.30. The molecular weight excluding hydrogens is 194 g/mol. The summed E-state index contributed by atoms with van der Waals surface area (Å²) < 4.78 is 5.29. The Labute approximate surface area is 89.8 Å². The Morgan fingerprint density at radius 2 is 2.07 bits per heavy atom. The van der Waals surface area contributed by atoms with Crippen molar-refractivity contribution in [2.24, 2.45) is 5.73 Å². The van der Waals surface area contributed by atoms with Crippen molar-refractivity contribution in [3.05, 3.63) is 23.3 Å². The summed E-state index contributed by atoms with van der Waals surface area (Å²) in [6, 6.07) is 4.22. The Hall–Kier alpha value is -0.670. The second kappa shape index (κ2) is 5.27. The minimum atomic E-state index is 0.528. The van der Waals surface area contributed by atoms with Crippen molar-refractivity contribution in [3.63, 3.8) is 0 Å². The van der Waals surface area contributed by atoms with Gasteiger partial charge >= 0.3 is 0 Å². The molecule has 3 heteroatoms. The smallest absolute Gasteiger partial charge is 0.123 e. The molecule has 0 saturated heterocycles. The summed E-state index contributed by atoms with van der Waals surface area (Å²) >= 11 is 1.76. The molecule has 0 amide bonds. The number of hydrogen-bond donors (Lipinski definition) is 1. The van der Waals surface area contributed by atoms with E-state index < -0.39 is 0 Å². The number of rotatable bonds is 4. The lowest BCUT2D eigenvalue weighted by molar-refractivity contribution is 0.409. The van der Waals surface area contributed by atoms with E-state index in [1.54, 1.807) is 18.9 Å². The van der Waals surface area contributed by atoms with Crippen molar-refractivity contribution in [3.8, 4) is 5.75 Å². The van der Waals surface area contributed by atoms with Crippen LogP contribution >= 0.6 is 11.8 Å². The summed E-state index contributed by atoms with van der Waals surface area (Å²) in [6.45, 7) is 2.68. The van der Waals surface area contributed by atoms with Crippen molar-refractivity contribution in [2.75, 3.05) is 13.4 Å². The SMILES string of the molecule is CCc1cc(OC)c(CN)cc1SC. The maximum absolute atomic E-state index is 5.65. The summed E-state index contributed by atoms with van der Waals surface area (Å²) in [5.41, 5.74) is 8.06. The predicted octanol–water partition coefficient (Wildman–Crippen LogP) is 2.44. The molecular formula is C11H17NOS. The summed E-state index contributed by atoms with van der Waals surface area (Å²) in [6.07, 6.45) is 3.11. The molecule has 0 unspecified atom stereocenters. The second-order valence-corrected chi connectivity index (χ2v) is 3.88. The molecule has 0 fully saturated rings. The van der Waals surface area contributed by atoms with Gasteiger partial charge in [-0.25, -0.2) is 0 Å².